The van der Waals surface area contributed by atoms with E-state index in [4.69, 9.17) is 0 Å². The Kier molecular flexibility index (Phi) is 4.92. The average Bonchev–Trinajstić information content (AvgIpc) is 3.03. The second kappa shape index (κ2) is 7.06. The molecule has 0 saturated carbocycles. The standard InChI is InChI=1S/C17H10F6N4O/c18-16(19,20)12-4-10(5-13(6-12)17(21,22)23)8-27-15(14(9-28)25-26-27)11-2-1-3-24-7-11/h1-7,9H,8H2. The number of nitrogens with zero attached hydrogens (tertiary/aromatic N) is 4. The summed E-state index contributed by atoms with van der Waals surface area (Å²) >= 11 is 0. The summed E-state index contributed by atoms with van der Waals surface area (Å²) in [6.07, 6.45) is -6.70. The van der Waals surface area contributed by atoms with Crippen LogP contribution in [0.4, 0.5) is 26.3 Å². The van der Waals surface area contributed by atoms with Crippen LogP contribution in [0, 0.1) is 0 Å². The lowest BCUT2D eigenvalue weighted by Gasteiger charge is -2.15. The zero-order chi connectivity index (χ0) is 20.5. The zero-order valence-corrected chi connectivity index (χ0v) is 13.8. The highest BCUT2D eigenvalue weighted by molar-refractivity contribution is 5.82. The van der Waals surface area contributed by atoms with Gasteiger partial charge in [-0.25, -0.2) is 4.68 Å². The van der Waals surface area contributed by atoms with Crippen molar-refractivity contribution in [1.82, 2.24) is 20.0 Å². The number of alkyl halides is 6. The van der Waals surface area contributed by atoms with Crippen LogP contribution in [-0.2, 0) is 18.9 Å². The Balaban J connectivity index is 2.10. The topological polar surface area (TPSA) is 60.7 Å². The van der Waals surface area contributed by atoms with Gasteiger partial charge >= 0.3 is 12.4 Å². The first-order valence-electron chi connectivity index (χ1n) is 7.67. The molecular weight excluding hydrogens is 390 g/mol. The highest BCUT2D eigenvalue weighted by Gasteiger charge is 2.37. The van der Waals surface area contributed by atoms with Crippen LogP contribution in [0.3, 0.4) is 0 Å². The summed E-state index contributed by atoms with van der Waals surface area (Å²) in [6, 6.07) is 4.36. The van der Waals surface area contributed by atoms with Gasteiger partial charge in [0.15, 0.2) is 12.0 Å². The van der Waals surface area contributed by atoms with Gasteiger partial charge in [-0.05, 0) is 35.9 Å². The van der Waals surface area contributed by atoms with Crippen LogP contribution < -0.4 is 0 Å². The van der Waals surface area contributed by atoms with E-state index in [2.05, 4.69) is 15.3 Å². The molecule has 0 fully saturated rings. The number of hydrogen-bond donors (Lipinski definition) is 0. The van der Waals surface area contributed by atoms with Crippen molar-refractivity contribution in [2.24, 2.45) is 0 Å². The molecule has 3 rings (SSSR count). The Labute approximate surface area is 153 Å². The van der Waals surface area contributed by atoms with E-state index in [-0.39, 0.29) is 23.0 Å². The summed E-state index contributed by atoms with van der Waals surface area (Å²) in [6.45, 7) is -0.460. The zero-order valence-electron chi connectivity index (χ0n) is 13.8. The van der Waals surface area contributed by atoms with Gasteiger partial charge in [0.1, 0.15) is 5.69 Å². The SMILES string of the molecule is O=Cc1nnn(Cc2cc(C(F)(F)F)cc(C(F)(F)F)c2)c1-c1cccnc1. The van der Waals surface area contributed by atoms with E-state index in [1.54, 1.807) is 12.1 Å². The summed E-state index contributed by atoms with van der Waals surface area (Å²) < 4.78 is 79.2. The van der Waals surface area contributed by atoms with Crippen molar-refractivity contribution in [3.63, 3.8) is 0 Å². The summed E-state index contributed by atoms with van der Waals surface area (Å²) in [5.74, 6) is 0. The lowest BCUT2D eigenvalue weighted by atomic mass is 10.0. The Hall–Kier alpha value is -3.24. The average molecular weight is 400 g/mol. The first kappa shape index (κ1) is 19.5. The molecule has 3 aromatic rings. The summed E-state index contributed by atoms with van der Waals surface area (Å²) in [5, 5.41) is 7.31. The maximum absolute atomic E-state index is 13.0. The molecule has 0 amide bonds. The molecule has 28 heavy (non-hydrogen) atoms. The molecule has 0 unspecified atom stereocenters. The molecule has 0 saturated heterocycles. The fraction of sp³-hybridized carbons (Fsp3) is 0.176. The van der Waals surface area contributed by atoms with Gasteiger partial charge in [-0.1, -0.05) is 5.21 Å². The highest BCUT2D eigenvalue weighted by Crippen LogP contribution is 2.36. The first-order valence-corrected chi connectivity index (χ1v) is 7.67. The smallest absolute Gasteiger partial charge is 0.296 e. The van der Waals surface area contributed by atoms with Crippen molar-refractivity contribution in [2.45, 2.75) is 18.9 Å². The molecule has 1 aromatic carbocycles. The monoisotopic (exact) mass is 400 g/mol. The minimum atomic E-state index is -4.96. The molecule has 0 atom stereocenters. The van der Waals surface area contributed by atoms with Crippen LogP contribution in [0.2, 0.25) is 0 Å². The van der Waals surface area contributed by atoms with Gasteiger partial charge in [-0.3, -0.25) is 9.78 Å². The molecule has 11 heteroatoms. The number of hydrogen-bond acceptors (Lipinski definition) is 4. The van der Waals surface area contributed by atoms with Gasteiger partial charge < -0.3 is 0 Å². The number of carbonyl (C=O) groups is 1. The molecule has 0 bridgehead atoms. The molecule has 2 heterocycles. The third kappa shape index (κ3) is 4.02. The molecule has 0 aliphatic rings. The molecule has 0 N–H and O–H groups in total. The molecule has 2 aromatic heterocycles. The van der Waals surface area contributed by atoms with Crippen LogP contribution in [0.25, 0.3) is 11.3 Å². The molecule has 5 nitrogen and oxygen atoms in total. The second-order valence-corrected chi connectivity index (χ2v) is 5.75. The Bertz CT molecular complexity index is 963. The van der Waals surface area contributed by atoms with Crippen LogP contribution in [0.5, 0.6) is 0 Å². The molecule has 0 aliphatic heterocycles. The summed E-state index contributed by atoms with van der Waals surface area (Å²) in [5.41, 5.74) is -2.76. The molecule has 0 aliphatic carbocycles. The van der Waals surface area contributed by atoms with Crippen molar-refractivity contribution in [1.29, 1.82) is 0 Å². The van der Waals surface area contributed by atoms with E-state index in [1.165, 1.54) is 12.4 Å². The number of pyridine rings is 1. The third-order valence-corrected chi connectivity index (χ3v) is 3.79. The van der Waals surface area contributed by atoms with Crippen molar-refractivity contribution < 1.29 is 31.1 Å². The van der Waals surface area contributed by atoms with Gasteiger partial charge in [0.05, 0.1) is 17.7 Å². The number of rotatable bonds is 4. The van der Waals surface area contributed by atoms with Gasteiger partial charge in [-0.15, -0.1) is 5.10 Å². The molecule has 0 radical (unpaired) electrons. The van der Waals surface area contributed by atoms with E-state index >= 15 is 0 Å². The van der Waals surface area contributed by atoms with Gasteiger partial charge in [0.25, 0.3) is 0 Å². The fourth-order valence-electron chi connectivity index (χ4n) is 2.60. The lowest BCUT2D eigenvalue weighted by molar-refractivity contribution is -0.143. The maximum Gasteiger partial charge on any atom is 0.416 e. The summed E-state index contributed by atoms with van der Waals surface area (Å²) in [7, 11) is 0. The predicted octanol–water partition coefficient (Wildman–Crippen LogP) is 4.24. The minimum absolute atomic E-state index is 0.0454. The first-order chi connectivity index (χ1) is 13.1. The van der Waals surface area contributed by atoms with E-state index in [0.29, 0.717) is 24.0 Å². The van der Waals surface area contributed by atoms with Crippen LogP contribution in [-0.4, -0.2) is 26.3 Å². The fourth-order valence-corrected chi connectivity index (χ4v) is 2.60. The van der Waals surface area contributed by atoms with Gasteiger partial charge in [0.2, 0.25) is 0 Å². The minimum Gasteiger partial charge on any atom is -0.296 e. The number of aldehydes is 1. The van der Waals surface area contributed by atoms with E-state index in [9.17, 15) is 31.1 Å². The normalized spacial score (nSPS) is 12.2. The maximum atomic E-state index is 13.0. The third-order valence-electron chi connectivity index (χ3n) is 3.79. The quantitative estimate of drug-likeness (QED) is 0.486. The van der Waals surface area contributed by atoms with E-state index < -0.39 is 30.0 Å². The Morgan fingerprint density at radius 2 is 1.64 bits per heavy atom. The van der Waals surface area contributed by atoms with Gasteiger partial charge in [-0.2, -0.15) is 26.3 Å². The van der Waals surface area contributed by atoms with Crippen molar-refractivity contribution in [3.05, 3.63) is 65.1 Å². The van der Waals surface area contributed by atoms with E-state index in [1.807, 2.05) is 0 Å². The molecule has 146 valence electrons. The number of benzene rings is 1. The van der Waals surface area contributed by atoms with Crippen LogP contribution in [0.1, 0.15) is 27.2 Å². The Morgan fingerprint density at radius 1 is 1.00 bits per heavy atom. The number of aromatic nitrogens is 4. The highest BCUT2D eigenvalue weighted by atomic mass is 19.4. The van der Waals surface area contributed by atoms with Gasteiger partial charge in [0, 0.05) is 18.0 Å². The Morgan fingerprint density at radius 3 is 2.14 bits per heavy atom. The number of halogens is 6. The largest absolute Gasteiger partial charge is 0.416 e. The predicted molar refractivity (Wildman–Crippen MR) is 84.2 cm³/mol. The van der Waals surface area contributed by atoms with Crippen LogP contribution in [0.15, 0.2) is 42.7 Å². The molecular formula is C17H10F6N4O. The van der Waals surface area contributed by atoms with Crippen molar-refractivity contribution in [3.8, 4) is 11.3 Å². The number of carbonyl (C=O) groups excluding carboxylic acids is 1. The van der Waals surface area contributed by atoms with Crippen molar-refractivity contribution >= 4 is 6.29 Å². The second-order valence-electron chi connectivity index (χ2n) is 5.75. The van der Waals surface area contributed by atoms with Crippen LogP contribution >= 0.6 is 0 Å². The lowest BCUT2D eigenvalue weighted by Crippen LogP contribution is -2.13. The molecule has 0 spiro atoms. The van der Waals surface area contributed by atoms with Crippen molar-refractivity contribution in [2.75, 3.05) is 0 Å². The van der Waals surface area contributed by atoms with E-state index in [0.717, 1.165) is 4.68 Å². The summed E-state index contributed by atoms with van der Waals surface area (Å²) in [4.78, 5) is 15.1.